The first-order valence-electron chi connectivity index (χ1n) is 7.66. The summed E-state index contributed by atoms with van der Waals surface area (Å²) in [6.45, 7) is 1.77. The van der Waals surface area contributed by atoms with Crippen molar-refractivity contribution in [3.8, 4) is 11.8 Å². The molecule has 0 aliphatic heterocycles. The van der Waals surface area contributed by atoms with Crippen molar-refractivity contribution < 1.29 is 9.53 Å². The van der Waals surface area contributed by atoms with Crippen LogP contribution < -0.4 is 4.74 Å². The maximum Gasteiger partial charge on any atom is 0.260 e. The number of amides is 1. The van der Waals surface area contributed by atoms with Crippen LogP contribution in [0.25, 0.3) is 0 Å². The van der Waals surface area contributed by atoms with Crippen LogP contribution in [0.2, 0.25) is 0 Å². The number of hydrogen-bond donors (Lipinski definition) is 0. The molecule has 1 amide bonds. The van der Waals surface area contributed by atoms with Crippen LogP contribution in [0.15, 0.2) is 24.3 Å². The van der Waals surface area contributed by atoms with Crippen molar-refractivity contribution in [3.05, 3.63) is 29.8 Å². The first-order valence-corrected chi connectivity index (χ1v) is 7.66. The van der Waals surface area contributed by atoms with Gasteiger partial charge in [0.05, 0.1) is 5.56 Å². The molecule has 110 valence electrons. The highest BCUT2D eigenvalue weighted by Crippen LogP contribution is 2.33. The lowest BCUT2D eigenvalue weighted by molar-refractivity contribution is -0.133. The molecule has 4 heteroatoms. The number of hydrogen-bond acceptors (Lipinski definition) is 3. The van der Waals surface area contributed by atoms with Gasteiger partial charge in [0.25, 0.3) is 5.91 Å². The van der Waals surface area contributed by atoms with Crippen LogP contribution in [0.4, 0.5) is 0 Å². The van der Waals surface area contributed by atoms with E-state index in [9.17, 15) is 4.79 Å². The van der Waals surface area contributed by atoms with E-state index >= 15 is 0 Å². The van der Waals surface area contributed by atoms with E-state index in [0.717, 1.165) is 13.1 Å². The molecule has 0 radical (unpaired) electrons. The van der Waals surface area contributed by atoms with Crippen molar-refractivity contribution in [1.29, 1.82) is 5.26 Å². The monoisotopic (exact) mass is 284 g/mol. The standard InChI is InChI=1S/C17H20N2O2/c18-9-15-3-1-2-4-16(15)21-12-17(20)19(10-13-5-6-13)11-14-7-8-14/h1-4,13-14H,5-8,10-12H2. The van der Waals surface area contributed by atoms with Crippen molar-refractivity contribution in [3.63, 3.8) is 0 Å². The number of nitriles is 1. The molecule has 2 aliphatic rings. The molecule has 0 N–H and O–H groups in total. The number of para-hydroxylation sites is 1. The summed E-state index contributed by atoms with van der Waals surface area (Å²) < 4.78 is 5.56. The van der Waals surface area contributed by atoms with Crippen LogP contribution in [-0.4, -0.2) is 30.5 Å². The Balaban J connectivity index is 1.56. The molecular weight excluding hydrogens is 264 g/mol. The summed E-state index contributed by atoms with van der Waals surface area (Å²) in [4.78, 5) is 14.3. The molecule has 1 aromatic rings. The minimum Gasteiger partial charge on any atom is -0.482 e. The maximum atomic E-state index is 12.4. The fraction of sp³-hybridized carbons (Fsp3) is 0.529. The molecule has 2 saturated carbocycles. The van der Waals surface area contributed by atoms with Crippen LogP contribution in [0, 0.1) is 23.2 Å². The molecule has 1 aromatic carbocycles. The Kier molecular flexibility index (Phi) is 4.10. The summed E-state index contributed by atoms with van der Waals surface area (Å²) in [5.41, 5.74) is 0.473. The fourth-order valence-corrected chi connectivity index (χ4v) is 2.42. The minimum atomic E-state index is 0.0259. The highest BCUT2D eigenvalue weighted by Gasteiger charge is 2.31. The Bertz CT molecular complexity index is 542. The van der Waals surface area contributed by atoms with Gasteiger partial charge in [-0.15, -0.1) is 0 Å². The molecule has 0 bridgehead atoms. The minimum absolute atomic E-state index is 0.0259. The van der Waals surface area contributed by atoms with E-state index in [-0.39, 0.29) is 12.5 Å². The predicted octanol–water partition coefficient (Wildman–Crippen LogP) is 2.59. The summed E-state index contributed by atoms with van der Waals surface area (Å²) >= 11 is 0. The number of ether oxygens (including phenoxy) is 1. The molecule has 4 nitrogen and oxygen atoms in total. The topological polar surface area (TPSA) is 53.3 Å². The van der Waals surface area contributed by atoms with Gasteiger partial charge in [0.1, 0.15) is 11.8 Å². The number of carbonyl (C=O) groups excluding carboxylic acids is 1. The molecule has 0 unspecified atom stereocenters. The summed E-state index contributed by atoms with van der Waals surface area (Å²) in [7, 11) is 0. The van der Waals surface area contributed by atoms with E-state index in [1.54, 1.807) is 18.2 Å². The van der Waals surface area contributed by atoms with Gasteiger partial charge in [-0.05, 0) is 49.7 Å². The van der Waals surface area contributed by atoms with E-state index in [0.29, 0.717) is 23.1 Å². The van der Waals surface area contributed by atoms with Crippen LogP contribution >= 0.6 is 0 Å². The smallest absolute Gasteiger partial charge is 0.260 e. The highest BCUT2D eigenvalue weighted by molar-refractivity contribution is 5.78. The van der Waals surface area contributed by atoms with E-state index in [1.807, 2.05) is 11.0 Å². The molecule has 0 spiro atoms. The number of carbonyl (C=O) groups is 1. The Labute approximate surface area is 125 Å². The third-order valence-corrected chi connectivity index (χ3v) is 4.06. The lowest BCUT2D eigenvalue weighted by Gasteiger charge is -2.22. The fourth-order valence-electron chi connectivity index (χ4n) is 2.42. The van der Waals surface area contributed by atoms with Gasteiger partial charge in [-0.25, -0.2) is 0 Å². The van der Waals surface area contributed by atoms with Gasteiger partial charge in [-0.1, -0.05) is 12.1 Å². The molecule has 0 atom stereocenters. The lowest BCUT2D eigenvalue weighted by Crippen LogP contribution is -2.38. The molecule has 0 aromatic heterocycles. The molecule has 2 fully saturated rings. The Morgan fingerprint density at radius 3 is 2.38 bits per heavy atom. The van der Waals surface area contributed by atoms with E-state index in [2.05, 4.69) is 6.07 Å². The van der Waals surface area contributed by atoms with Crippen LogP contribution in [-0.2, 0) is 4.79 Å². The normalized spacial score (nSPS) is 17.1. The van der Waals surface area contributed by atoms with E-state index in [1.165, 1.54) is 25.7 Å². The van der Waals surface area contributed by atoms with Gasteiger partial charge in [0, 0.05) is 13.1 Å². The van der Waals surface area contributed by atoms with Crippen LogP contribution in [0.3, 0.4) is 0 Å². The zero-order valence-corrected chi connectivity index (χ0v) is 12.1. The molecule has 3 rings (SSSR count). The molecule has 0 heterocycles. The number of nitrogens with zero attached hydrogens (tertiary/aromatic N) is 2. The largest absolute Gasteiger partial charge is 0.482 e. The highest BCUT2D eigenvalue weighted by atomic mass is 16.5. The van der Waals surface area contributed by atoms with E-state index in [4.69, 9.17) is 10.00 Å². The third-order valence-electron chi connectivity index (χ3n) is 4.06. The Hall–Kier alpha value is -2.02. The van der Waals surface area contributed by atoms with Gasteiger partial charge < -0.3 is 9.64 Å². The summed E-state index contributed by atoms with van der Waals surface area (Å²) in [5, 5.41) is 9.02. The van der Waals surface area contributed by atoms with Crippen LogP contribution in [0.5, 0.6) is 5.75 Å². The zero-order chi connectivity index (χ0) is 14.7. The zero-order valence-electron chi connectivity index (χ0n) is 12.1. The van der Waals surface area contributed by atoms with Gasteiger partial charge in [0.15, 0.2) is 6.61 Å². The van der Waals surface area contributed by atoms with Crippen LogP contribution in [0.1, 0.15) is 31.2 Å². The predicted molar refractivity (Wildman–Crippen MR) is 78.7 cm³/mol. The van der Waals surface area contributed by atoms with Gasteiger partial charge >= 0.3 is 0 Å². The molecule has 0 saturated heterocycles. The SMILES string of the molecule is N#Cc1ccccc1OCC(=O)N(CC1CC1)CC1CC1. The van der Waals surface area contributed by atoms with Crippen molar-refractivity contribution in [2.24, 2.45) is 11.8 Å². The average Bonchev–Trinajstić information content (AvgIpc) is 3.40. The second-order valence-electron chi connectivity index (χ2n) is 6.08. The van der Waals surface area contributed by atoms with Crippen molar-refractivity contribution in [2.75, 3.05) is 19.7 Å². The van der Waals surface area contributed by atoms with Crippen molar-refractivity contribution in [1.82, 2.24) is 4.90 Å². The number of rotatable bonds is 7. The lowest BCUT2D eigenvalue weighted by atomic mass is 10.2. The maximum absolute atomic E-state index is 12.4. The van der Waals surface area contributed by atoms with Gasteiger partial charge in [-0.2, -0.15) is 5.26 Å². The average molecular weight is 284 g/mol. The van der Waals surface area contributed by atoms with Gasteiger partial charge in [-0.3, -0.25) is 4.79 Å². The first-order chi connectivity index (χ1) is 10.3. The Morgan fingerprint density at radius 1 is 1.19 bits per heavy atom. The quantitative estimate of drug-likeness (QED) is 0.773. The first kappa shape index (κ1) is 13.9. The van der Waals surface area contributed by atoms with E-state index < -0.39 is 0 Å². The molecular formula is C17H20N2O2. The van der Waals surface area contributed by atoms with Crippen molar-refractivity contribution in [2.45, 2.75) is 25.7 Å². The third kappa shape index (κ3) is 3.98. The number of benzene rings is 1. The van der Waals surface area contributed by atoms with Gasteiger partial charge in [0.2, 0.25) is 0 Å². The second kappa shape index (κ2) is 6.17. The molecule has 21 heavy (non-hydrogen) atoms. The summed E-state index contributed by atoms with van der Waals surface area (Å²) in [6.07, 6.45) is 4.97. The summed E-state index contributed by atoms with van der Waals surface area (Å²) in [5.74, 6) is 1.92. The molecule has 2 aliphatic carbocycles. The van der Waals surface area contributed by atoms with Crippen molar-refractivity contribution >= 4 is 5.91 Å². The summed E-state index contributed by atoms with van der Waals surface area (Å²) in [6, 6.07) is 9.12. The Morgan fingerprint density at radius 2 is 1.81 bits per heavy atom. The second-order valence-corrected chi connectivity index (χ2v) is 6.08.